The second kappa shape index (κ2) is 14.7. The van der Waals surface area contributed by atoms with Crippen molar-refractivity contribution < 1.29 is 48.8 Å². The van der Waals surface area contributed by atoms with Crippen molar-refractivity contribution in [1.82, 2.24) is 0 Å². The molecule has 0 aliphatic rings. The molecule has 10 heteroatoms. The van der Waals surface area contributed by atoms with Gasteiger partial charge in [-0.05, 0) is 38.1 Å². The number of hydrogen-bond donors (Lipinski definition) is 3. The Morgan fingerprint density at radius 3 is 1.45 bits per heavy atom. The maximum absolute atomic E-state index is 10.7. The lowest BCUT2D eigenvalue weighted by atomic mass is 10.1. The SMILES string of the molecule is C.CC(=O)OC(C)=O.CC(=O)Oc1cccc(C(=O)O)c1C.Cc1c(O)cccc1C(=O)O. The van der Waals surface area contributed by atoms with E-state index in [1.54, 1.807) is 19.9 Å². The number of phenolic OH excluding ortho intramolecular Hbond substituents is 1. The summed E-state index contributed by atoms with van der Waals surface area (Å²) >= 11 is 0. The fourth-order valence-electron chi connectivity index (χ4n) is 2.17. The van der Waals surface area contributed by atoms with Gasteiger partial charge in [0.2, 0.25) is 0 Å². The normalized spacial score (nSPS) is 8.88. The Morgan fingerprint density at radius 2 is 1.12 bits per heavy atom. The third-order valence-corrected chi connectivity index (χ3v) is 3.59. The minimum absolute atomic E-state index is 0. The van der Waals surface area contributed by atoms with Crippen LogP contribution in [0, 0.1) is 13.8 Å². The number of aromatic carboxylic acids is 2. The molecule has 0 unspecified atom stereocenters. The van der Waals surface area contributed by atoms with Gasteiger partial charge in [0.05, 0.1) is 11.1 Å². The predicted molar refractivity (Wildman–Crippen MR) is 118 cm³/mol. The summed E-state index contributed by atoms with van der Waals surface area (Å²) in [4.78, 5) is 51.5. The van der Waals surface area contributed by atoms with Crippen LogP contribution in [0.3, 0.4) is 0 Å². The van der Waals surface area contributed by atoms with Gasteiger partial charge in [-0.2, -0.15) is 0 Å². The number of rotatable bonds is 3. The Kier molecular flexibility index (Phi) is 13.8. The first-order valence-corrected chi connectivity index (χ1v) is 9.00. The molecule has 0 atom stereocenters. The molecule has 0 saturated carbocycles. The zero-order valence-corrected chi connectivity index (χ0v) is 18.2. The summed E-state index contributed by atoms with van der Waals surface area (Å²) in [5.41, 5.74) is 1.14. The average Bonchev–Trinajstić information content (AvgIpc) is 2.64. The number of carbonyl (C=O) groups excluding carboxylic acids is 3. The molecule has 3 N–H and O–H groups in total. The number of benzene rings is 2. The van der Waals surface area contributed by atoms with Crippen LogP contribution in [-0.4, -0.2) is 45.2 Å². The topological polar surface area (TPSA) is 164 Å². The van der Waals surface area contributed by atoms with Crippen molar-refractivity contribution in [2.75, 3.05) is 0 Å². The van der Waals surface area contributed by atoms with Gasteiger partial charge in [0, 0.05) is 31.9 Å². The van der Waals surface area contributed by atoms with Crippen LogP contribution in [-0.2, 0) is 19.1 Å². The molecule has 0 aliphatic carbocycles. The van der Waals surface area contributed by atoms with E-state index in [0.717, 1.165) is 0 Å². The summed E-state index contributed by atoms with van der Waals surface area (Å²) in [5, 5.41) is 26.4. The van der Waals surface area contributed by atoms with Crippen LogP contribution in [0.5, 0.6) is 11.5 Å². The van der Waals surface area contributed by atoms with Crippen LogP contribution in [0.2, 0.25) is 0 Å². The summed E-state index contributed by atoms with van der Waals surface area (Å²) in [6.45, 7) is 6.80. The Morgan fingerprint density at radius 1 is 0.697 bits per heavy atom. The number of phenols is 1. The lowest BCUT2D eigenvalue weighted by molar-refractivity contribution is -0.156. The van der Waals surface area contributed by atoms with Gasteiger partial charge in [-0.25, -0.2) is 9.59 Å². The van der Waals surface area contributed by atoms with Crippen molar-refractivity contribution in [3.05, 3.63) is 58.7 Å². The summed E-state index contributed by atoms with van der Waals surface area (Å²) in [7, 11) is 0. The summed E-state index contributed by atoms with van der Waals surface area (Å²) in [6.07, 6.45) is 0. The lowest BCUT2D eigenvalue weighted by Gasteiger charge is -2.07. The molecular formula is C23H28O10. The van der Waals surface area contributed by atoms with Crippen molar-refractivity contribution in [2.45, 2.75) is 42.0 Å². The second-order valence-corrected chi connectivity index (χ2v) is 6.17. The third-order valence-electron chi connectivity index (χ3n) is 3.59. The van der Waals surface area contributed by atoms with Gasteiger partial charge in [0.15, 0.2) is 0 Å². The van der Waals surface area contributed by atoms with Crippen molar-refractivity contribution in [3.8, 4) is 11.5 Å². The first kappa shape index (κ1) is 31.0. The van der Waals surface area contributed by atoms with Gasteiger partial charge in [0.25, 0.3) is 0 Å². The summed E-state index contributed by atoms with van der Waals surface area (Å²) in [6, 6.07) is 8.98. The van der Waals surface area contributed by atoms with Gasteiger partial charge in [-0.1, -0.05) is 19.6 Å². The number of ether oxygens (including phenoxy) is 2. The molecule has 0 aliphatic heterocycles. The smallest absolute Gasteiger partial charge is 0.336 e. The average molecular weight is 464 g/mol. The fourth-order valence-corrected chi connectivity index (χ4v) is 2.17. The highest BCUT2D eigenvalue weighted by Crippen LogP contribution is 2.21. The lowest BCUT2D eigenvalue weighted by Crippen LogP contribution is -2.06. The maximum Gasteiger partial charge on any atom is 0.336 e. The van der Waals surface area contributed by atoms with Crippen molar-refractivity contribution in [3.63, 3.8) is 0 Å². The molecular weight excluding hydrogens is 436 g/mol. The molecule has 180 valence electrons. The first-order valence-electron chi connectivity index (χ1n) is 9.00. The van der Waals surface area contributed by atoms with E-state index in [4.69, 9.17) is 20.1 Å². The van der Waals surface area contributed by atoms with E-state index in [-0.39, 0.29) is 30.1 Å². The first-order chi connectivity index (χ1) is 14.8. The van der Waals surface area contributed by atoms with E-state index < -0.39 is 29.8 Å². The van der Waals surface area contributed by atoms with Crippen LogP contribution in [0.15, 0.2) is 36.4 Å². The van der Waals surface area contributed by atoms with E-state index in [1.807, 2.05) is 0 Å². The number of hydrogen-bond acceptors (Lipinski definition) is 8. The van der Waals surface area contributed by atoms with Crippen molar-refractivity contribution in [2.24, 2.45) is 0 Å². The van der Waals surface area contributed by atoms with Crippen molar-refractivity contribution in [1.29, 1.82) is 0 Å². The standard InChI is InChI=1S/C10H10O4.C8H8O3.C4H6O3.CH4/c1-6-8(10(12)13)4-3-5-9(6)14-7(2)11;1-5-6(8(10)11)3-2-4-7(5)9;1-3(5)7-4(2)6;/h3-5H,1-2H3,(H,12,13);2-4,9H,1H3,(H,10,11);1-2H3;1H4. The van der Waals surface area contributed by atoms with E-state index in [9.17, 15) is 24.0 Å². The molecule has 0 fully saturated rings. The second-order valence-electron chi connectivity index (χ2n) is 6.17. The molecule has 2 aromatic rings. The molecule has 0 radical (unpaired) electrons. The largest absolute Gasteiger partial charge is 0.508 e. The Bertz CT molecular complexity index is 996. The Hall–Kier alpha value is -4.21. The number of carbonyl (C=O) groups is 5. The predicted octanol–water partition coefficient (Wildman–Crippen LogP) is 3.75. The van der Waals surface area contributed by atoms with Gasteiger partial charge in [0.1, 0.15) is 11.5 Å². The highest BCUT2D eigenvalue weighted by Gasteiger charge is 2.11. The highest BCUT2D eigenvalue weighted by molar-refractivity contribution is 5.90. The molecule has 0 heterocycles. The summed E-state index contributed by atoms with van der Waals surface area (Å²) < 4.78 is 8.81. The molecule has 0 amide bonds. The number of carboxylic acids is 2. The molecule has 0 aromatic heterocycles. The molecule has 0 saturated heterocycles. The van der Waals surface area contributed by atoms with Crippen LogP contribution in [0.4, 0.5) is 0 Å². The molecule has 2 rings (SSSR count). The van der Waals surface area contributed by atoms with E-state index in [0.29, 0.717) is 11.1 Å². The number of esters is 3. The third kappa shape index (κ3) is 11.7. The zero-order chi connectivity index (χ0) is 25.0. The fraction of sp³-hybridized carbons (Fsp3) is 0.261. The highest BCUT2D eigenvalue weighted by atomic mass is 16.6. The molecule has 2 aromatic carbocycles. The Labute approximate surface area is 191 Å². The summed E-state index contributed by atoms with van der Waals surface area (Å²) in [5.74, 6) is -3.33. The quantitative estimate of drug-likeness (QED) is 0.346. The van der Waals surface area contributed by atoms with Gasteiger partial charge in [-0.15, -0.1) is 0 Å². The number of carboxylic acid groups (broad SMARTS) is 2. The molecule has 0 bridgehead atoms. The van der Waals surface area contributed by atoms with Gasteiger partial charge >= 0.3 is 29.8 Å². The monoisotopic (exact) mass is 464 g/mol. The minimum Gasteiger partial charge on any atom is -0.508 e. The molecule has 33 heavy (non-hydrogen) atoms. The Balaban J connectivity index is 0. The van der Waals surface area contributed by atoms with Gasteiger partial charge < -0.3 is 24.8 Å². The van der Waals surface area contributed by atoms with Gasteiger partial charge in [-0.3, -0.25) is 14.4 Å². The van der Waals surface area contributed by atoms with Crippen LogP contribution in [0.25, 0.3) is 0 Å². The minimum atomic E-state index is -1.03. The zero-order valence-electron chi connectivity index (χ0n) is 18.2. The van der Waals surface area contributed by atoms with Crippen LogP contribution in [0.1, 0.15) is 60.0 Å². The molecule has 0 spiro atoms. The van der Waals surface area contributed by atoms with E-state index in [1.165, 1.54) is 51.1 Å². The number of aromatic hydroxyl groups is 1. The van der Waals surface area contributed by atoms with Crippen molar-refractivity contribution >= 4 is 29.8 Å². The maximum atomic E-state index is 10.7. The van der Waals surface area contributed by atoms with Crippen LogP contribution < -0.4 is 4.74 Å². The van der Waals surface area contributed by atoms with E-state index >= 15 is 0 Å². The van der Waals surface area contributed by atoms with Crippen LogP contribution >= 0.6 is 0 Å². The molecule has 10 nitrogen and oxygen atoms in total. The van der Waals surface area contributed by atoms with E-state index in [2.05, 4.69) is 4.74 Å².